The fourth-order valence-electron chi connectivity index (χ4n) is 2.99. The minimum Gasteiger partial charge on any atom is -0.495 e. The number of hydrogen-bond donors (Lipinski definition) is 2. The number of benzene rings is 3. The van der Waals surface area contributed by atoms with Crippen molar-refractivity contribution >= 4 is 23.1 Å². The molecule has 0 fully saturated rings. The molecule has 1 amide bonds. The summed E-state index contributed by atoms with van der Waals surface area (Å²) in [5.41, 5.74) is 3.67. The molecular weight excluding hydrogens is 376 g/mol. The largest absolute Gasteiger partial charge is 0.495 e. The maximum absolute atomic E-state index is 12.7. The van der Waals surface area contributed by atoms with E-state index in [1.807, 2.05) is 66.7 Å². The SMILES string of the molecule is COc1ccccc1NC(=O)c1cccc(Nc2ccc(-c3ccccc3)nn2)c1. The van der Waals surface area contributed by atoms with Crippen molar-refractivity contribution in [2.75, 3.05) is 17.7 Å². The monoisotopic (exact) mass is 396 g/mol. The van der Waals surface area contributed by atoms with Crippen molar-refractivity contribution in [3.8, 4) is 17.0 Å². The molecule has 4 aromatic rings. The number of anilines is 3. The Balaban J connectivity index is 1.47. The Bertz CT molecular complexity index is 1150. The lowest BCUT2D eigenvalue weighted by atomic mass is 10.1. The van der Waals surface area contributed by atoms with Gasteiger partial charge in [-0.15, -0.1) is 10.2 Å². The highest BCUT2D eigenvalue weighted by molar-refractivity contribution is 6.05. The first-order valence-corrected chi connectivity index (χ1v) is 9.43. The van der Waals surface area contributed by atoms with E-state index in [4.69, 9.17) is 4.74 Å². The smallest absolute Gasteiger partial charge is 0.255 e. The van der Waals surface area contributed by atoms with E-state index in [1.165, 1.54) is 0 Å². The summed E-state index contributed by atoms with van der Waals surface area (Å²) in [5, 5.41) is 14.6. The Morgan fingerprint density at radius 1 is 0.833 bits per heavy atom. The summed E-state index contributed by atoms with van der Waals surface area (Å²) in [5.74, 6) is 0.972. The summed E-state index contributed by atoms with van der Waals surface area (Å²) in [4.78, 5) is 12.7. The van der Waals surface area contributed by atoms with Gasteiger partial charge in [0.05, 0.1) is 18.5 Å². The maximum Gasteiger partial charge on any atom is 0.255 e. The van der Waals surface area contributed by atoms with Gasteiger partial charge in [0, 0.05) is 16.8 Å². The summed E-state index contributed by atoms with van der Waals surface area (Å²) in [7, 11) is 1.57. The third-order valence-corrected chi connectivity index (χ3v) is 4.49. The Labute approximate surface area is 174 Å². The molecule has 0 bridgehead atoms. The zero-order chi connectivity index (χ0) is 20.8. The van der Waals surface area contributed by atoms with Crippen LogP contribution in [0.2, 0.25) is 0 Å². The zero-order valence-corrected chi connectivity index (χ0v) is 16.4. The van der Waals surface area contributed by atoms with Crippen LogP contribution >= 0.6 is 0 Å². The highest BCUT2D eigenvalue weighted by atomic mass is 16.5. The number of aromatic nitrogens is 2. The predicted molar refractivity (Wildman–Crippen MR) is 118 cm³/mol. The van der Waals surface area contributed by atoms with Crippen LogP contribution in [0.3, 0.4) is 0 Å². The van der Waals surface area contributed by atoms with E-state index in [1.54, 1.807) is 31.4 Å². The average Bonchev–Trinajstić information content (AvgIpc) is 2.81. The number of hydrogen-bond acceptors (Lipinski definition) is 5. The Morgan fingerprint density at radius 3 is 2.40 bits per heavy atom. The first-order valence-electron chi connectivity index (χ1n) is 9.43. The molecule has 0 saturated carbocycles. The van der Waals surface area contributed by atoms with Gasteiger partial charge < -0.3 is 15.4 Å². The number of amides is 1. The van der Waals surface area contributed by atoms with Gasteiger partial charge in [-0.2, -0.15) is 0 Å². The molecular formula is C24H20N4O2. The van der Waals surface area contributed by atoms with Gasteiger partial charge in [0.2, 0.25) is 0 Å². The number of methoxy groups -OCH3 is 1. The number of rotatable bonds is 6. The topological polar surface area (TPSA) is 76.1 Å². The highest BCUT2D eigenvalue weighted by Gasteiger charge is 2.10. The lowest BCUT2D eigenvalue weighted by molar-refractivity contribution is 0.102. The molecule has 1 heterocycles. The van der Waals surface area contributed by atoms with Gasteiger partial charge in [-0.05, 0) is 42.5 Å². The quantitative estimate of drug-likeness (QED) is 0.471. The lowest BCUT2D eigenvalue weighted by Crippen LogP contribution is -2.12. The van der Waals surface area contributed by atoms with Crippen LogP contribution in [0.1, 0.15) is 10.4 Å². The van der Waals surface area contributed by atoms with Crippen molar-refractivity contribution in [2.45, 2.75) is 0 Å². The number of carbonyl (C=O) groups is 1. The molecule has 2 N–H and O–H groups in total. The number of carbonyl (C=O) groups excluding carboxylic acids is 1. The van der Waals surface area contributed by atoms with Gasteiger partial charge >= 0.3 is 0 Å². The van der Waals surface area contributed by atoms with Crippen LogP contribution < -0.4 is 15.4 Å². The number of nitrogens with one attached hydrogen (secondary N) is 2. The molecule has 1 aromatic heterocycles. The van der Waals surface area contributed by atoms with Crippen LogP contribution in [0.4, 0.5) is 17.2 Å². The maximum atomic E-state index is 12.7. The summed E-state index contributed by atoms with van der Waals surface area (Å²) < 4.78 is 5.28. The first kappa shape index (κ1) is 19.1. The van der Waals surface area contributed by atoms with Crippen LogP contribution in [-0.4, -0.2) is 23.2 Å². The number of para-hydroxylation sites is 2. The Kier molecular flexibility index (Phi) is 5.66. The second-order valence-corrected chi connectivity index (χ2v) is 6.53. The van der Waals surface area contributed by atoms with E-state index in [9.17, 15) is 4.79 Å². The second kappa shape index (κ2) is 8.87. The summed E-state index contributed by atoms with van der Waals surface area (Å²) in [6, 6.07) is 28.1. The van der Waals surface area contributed by atoms with Gasteiger partial charge in [-0.25, -0.2) is 0 Å². The molecule has 0 aliphatic carbocycles. The number of ether oxygens (including phenoxy) is 1. The summed E-state index contributed by atoms with van der Waals surface area (Å²) >= 11 is 0. The standard InChI is InChI=1S/C24H20N4O2/c1-30-22-13-6-5-12-21(22)26-24(29)18-10-7-11-19(16-18)25-23-15-14-20(27-28-23)17-8-3-2-4-9-17/h2-16H,1H3,(H,25,28)(H,26,29). The molecule has 3 aromatic carbocycles. The van der Waals surface area contributed by atoms with Crippen LogP contribution in [0, 0.1) is 0 Å². The molecule has 0 aliphatic rings. The van der Waals surface area contributed by atoms with Crippen molar-refractivity contribution in [3.63, 3.8) is 0 Å². The summed E-state index contributed by atoms with van der Waals surface area (Å²) in [6.07, 6.45) is 0. The highest BCUT2D eigenvalue weighted by Crippen LogP contribution is 2.24. The first-order chi connectivity index (χ1) is 14.7. The van der Waals surface area contributed by atoms with Gasteiger partial charge in [-0.1, -0.05) is 48.5 Å². The molecule has 30 heavy (non-hydrogen) atoms. The van der Waals surface area contributed by atoms with Gasteiger partial charge in [0.15, 0.2) is 5.82 Å². The molecule has 6 heteroatoms. The van der Waals surface area contributed by atoms with Crippen molar-refractivity contribution < 1.29 is 9.53 Å². The van der Waals surface area contributed by atoms with Gasteiger partial charge in [0.1, 0.15) is 5.75 Å². The van der Waals surface area contributed by atoms with Gasteiger partial charge in [-0.3, -0.25) is 4.79 Å². The molecule has 0 atom stereocenters. The normalized spacial score (nSPS) is 10.3. The van der Waals surface area contributed by atoms with Gasteiger partial charge in [0.25, 0.3) is 5.91 Å². The van der Waals surface area contributed by atoms with Crippen molar-refractivity contribution in [1.29, 1.82) is 0 Å². The van der Waals surface area contributed by atoms with E-state index in [0.717, 1.165) is 16.9 Å². The summed E-state index contributed by atoms with van der Waals surface area (Å²) in [6.45, 7) is 0. The van der Waals surface area contributed by atoms with Crippen LogP contribution in [0.25, 0.3) is 11.3 Å². The molecule has 148 valence electrons. The molecule has 0 radical (unpaired) electrons. The van der Waals surface area contributed by atoms with Crippen LogP contribution in [0.15, 0.2) is 91.0 Å². The average molecular weight is 396 g/mol. The molecule has 6 nitrogen and oxygen atoms in total. The fourth-order valence-corrected chi connectivity index (χ4v) is 2.99. The van der Waals surface area contributed by atoms with Crippen molar-refractivity contribution in [3.05, 3.63) is 96.6 Å². The van der Waals surface area contributed by atoms with E-state index >= 15 is 0 Å². The minimum atomic E-state index is -0.228. The van der Waals surface area contributed by atoms with Crippen LogP contribution in [0.5, 0.6) is 5.75 Å². The lowest BCUT2D eigenvalue weighted by Gasteiger charge is -2.11. The molecule has 0 spiro atoms. The molecule has 0 aliphatic heterocycles. The van der Waals surface area contributed by atoms with E-state index in [-0.39, 0.29) is 5.91 Å². The fraction of sp³-hybridized carbons (Fsp3) is 0.0417. The molecule has 4 rings (SSSR count). The second-order valence-electron chi connectivity index (χ2n) is 6.53. The molecule has 0 saturated heterocycles. The van der Waals surface area contributed by atoms with Crippen LogP contribution in [-0.2, 0) is 0 Å². The van der Waals surface area contributed by atoms with E-state index in [2.05, 4.69) is 20.8 Å². The third kappa shape index (κ3) is 4.44. The van der Waals surface area contributed by atoms with Crippen molar-refractivity contribution in [1.82, 2.24) is 10.2 Å². The number of nitrogens with zero attached hydrogens (tertiary/aromatic N) is 2. The van der Waals surface area contributed by atoms with E-state index < -0.39 is 0 Å². The molecule has 0 unspecified atom stereocenters. The third-order valence-electron chi connectivity index (χ3n) is 4.49. The zero-order valence-electron chi connectivity index (χ0n) is 16.4. The Hall–Kier alpha value is -4.19. The van der Waals surface area contributed by atoms with E-state index in [0.29, 0.717) is 22.8 Å². The Morgan fingerprint density at radius 2 is 1.63 bits per heavy atom. The predicted octanol–water partition coefficient (Wildman–Crippen LogP) is 5.15. The van der Waals surface area contributed by atoms with Crippen molar-refractivity contribution in [2.24, 2.45) is 0 Å². The minimum absolute atomic E-state index is 0.228.